The van der Waals surface area contributed by atoms with Crippen LogP contribution in [0.3, 0.4) is 0 Å². The van der Waals surface area contributed by atoms with E-state index in [-0.39, 0.29) is 16.8 Å². The van der Waals surface area contributed by atoms with Gasteiger partial charge in [-0.3, -0.25) is 14.4 Å². The van der Waals surface area contributed by atoms with E-state index in [0.29, 0.717) is 21.8 Å². The predicted octanol–water partition coefficient (Wildman–Crippen LogP) is 2.62. The van der Waals surface area contributed by atoms with Gasteiger partial charge in [-0.1, -0.05) is 83.4 Å². The van der Waals surface area contributed by atoms with Crippen LogP contribution in [-0.4, -0.2) is 27.7 Å². The van der Waals surface area contributed by atoms with E-state index in [2.05, 4.69) is 25.7 Å². The minimum atomic E-state index is -0.829. The number of aromatic nitrogens is 3. The molecule has 0 aliphatic heterocycles. The molecule has 5 aromatic rings. The van der Waals surface area contributed by atoms with Gasteiger partial charge in [0.15, 0.2) is 6.61 Å². The highest BCUT2D eigenvalue weighted by atomic mass is 35.5. The van der Waals surface area contributed by atoms with Crippen molar-refractivity contribution in [3.63, 3.8) is 0 Å². The second-order valence-electron chi connectivity index (χ2n) is 7.66. The average molecular weight is 498 g/mol. The van der Waals surface area contributed by atoms with Gasteiger partial charge in [0, 0.05) is 26.9 Å². The lowest BCUT2D eigenvalue weighted by molar-refractivity contribution is -0.123. The molecule has 0 spiro atoms. The van der Waals surface area contributed by atoms with Gasteiger partial charge in [0.1, 0.15) is 16.7 Å². The first kappa shape index (κ1) is 23.0. The standard InChI is InChI=1S/C26H16ClN5O4/c27-17-11-12-18-19(13-17)24(34)25(35)23(18)31-29-20(33)14-36-26-28-21(15-7-3-1-4-8-15)22(30-32-26)16-9-5-2-6-10-16/h1-13H,14H2,(H,29,33)/b31-23+. The molecule has 36 heavy (non-hydrogen) atoms. The van der Waals surface area contributed by atoms with Gasteiger partial charge in [0.2, 0.25) is 5.43 Å². The molecule has 1 N–H and O–H groups in total. The van der Waals surface area contributed by atoms with Gasteiger partial charge in [-0.15, -0.1) is 5.10 Å². The highest BCUT2D eigenvalue weighted by Crippen LogP contribution is 2.29. The molecule has 10 heteroatoms. The Morgan fingerprint density at radius 3 is 2.19 bits per heavy atom. The molecule has 4 aromatic carbocycles. The first-order valence-electron chi connectivity index (χ1n) is 10.7. The van der Waals surface area contributed by atoms with Crippen molar-refractivity contribution in [2.75, 3.05) is 6.61 Å². The average Bonchev–Trinajstić information content (AvgIpc) is 3.15. The molecule has 0 saturated heterocycles. The SMILES string of the molecule is O=C(COc1nnc(-c2ccccc2)c(-c2ccccc2)n1)N/N=c1/c(=O)c(=O)c2cc(Cl)ccc12. The number of hydrogen-bond donors (Lipinski definition) is 1. The molecule has 5 rings (SSSR count). The lowest BCUT2D eigenvalue weighted by atomic mass is 10.0. The van der Waals surface area contributed by atoms with Crippen molar-refractivity contribution < 1.29 is 9.53 Å². The van der Waals surface area contributed by atoms with E-state index in [1.807, 2.05) is 60.7 Å². The number of carbonyl (C=O) groups excluding carboxylic acids is 1. The van der Waals surface area contributed by atoms with Crippen molar-refractivity contribution in [1.82, 2.24) is 20.6 Å². The van der Waals surface area contributed by atoms with Crippen LogP contribution in [0.5, 0.6) is 6.01 Å². The molecule has 9 nitrogen and oxygen atoms in total. The van der Waals surface area contributed by atoms with E-state index in [9.17, 15) is 14.4 Å². The Balaban J connectivity index is 1.37. The molecule has 0 saturated carbocycles. The van der Waals surface area contributed by atoms with E-state index in [4.69, 9.17) is 16.3 Å². The van der Waals surface area contributed by atoms with Crippen LogP contribution in [0.25, 0.3) is 33.3 Å². The summed E-state index contributed by atoms with van der Waals surface area (Å²) in [7, 11) is 0. The van der Waals surface area contributed by atoms with Gasteiger partial charge >= 0.3 is 6.01 Å². The molecule has 1 heterocycles. The number of amides is 1. The molecule has 176 valence electrons. The molecular weight excluding hydrogens is 482 g/mol. The molecule has 0 radical (unpaired) electrons. The number of ether oxygens (including phenoxy) is 1. The highest BCUT2D eigenvalue weighted by molar-refractivity contribution is 6.31. The van der Waals surface area contributed by atoms with Crippen LogP contribution < -0.4 is 26.4 Å². The van der Waals surface area contributed by atoms with Crippen LogP contribution in [0.1, 0.15) is 0 Å². The summed E-state index contributed by atoms with van der Waals surface area (Å²) in [6, 6.07) is 23.2. The molecular formula is C26H16ClN5O4. The van der Waals surface area contributed by atoms with Crippen molar-refractivity contribution in [3.05, 3.63) is 110 Å². The van der Waals surface area contributed by atoms with E-state index in [0.717, 1.165) is 11.1 Å². The number of carbonyl (C=O) groups is 1. The Labute approximate surface area is 208 Å². The van der Waals surface area contributed by atoms with Gasteiger partial charge in [0.05, 0.1) is 0 Å². The molecule has 0 aliphatic carbocycles. The van der Waals surface area contributed by atoms with E-state index in [1.165, 1.54) is 18.2 Å². The third-order valence-electron chi connectivity index (χ3n) is 5.29. The second-order valence-corrected chi connectivity index (χ2v) is 8.09. The van der Waals surface area contributed by atoms with E-state index < -0.39 is 23.4 Å². The number of halogens is 1. The second kappa shape index (κ2) is 9.85. The fourth-order valence-corrected chi connectivity index (χ4v) is 3.79. The first-order valence-corrected chi connectivity index (χ1v) is 11.1. The minimum absolute atomic E-state index is 0.108. The molecule has 0 aliphatic rings. The van der Waals surface area contributed by atoms with Gasteiger partial charge in [0.25, 0.3) is 11.3 Å². The summed E-state index contributed by atoms with van der Waals surface area (Å²) in [5.41, 5.74) is 3.40. The molecule has 1 amide bonds. The Kier molecular flexibility index (Phi) is 6.29. The van der Waals surface area contributed by atoms with Crippen molar-refractivity contribution in [3.8, 4) is 28.5 Å². The largest absolute Gasteiger partial charge is 0.452 e. The van der Waals surface area contributed by atoms with Crippen molar-refractivity contribution in [2.24, 2.45) is 5.10 Å². The zero-order chi connectivity index (χ0) is 25.1. The Morgan fingerprint density at radius 1 is 0.833 bits per heavy atom. The van der Waals surface area contributed by atoms with Gasteiger partial charge in [-0.05, 0) is 12.1 Å². The third kappa shape index (κ3) is 4.59. The van der Waals surface area contributed by atoms with Crippen LogP contribution >= 0.6 is 11.6 Å². The van der Waals surface area contributed by atoms with E-state index >= 15 is 0 Å². The van der Waals surface area contributed by atoms with Gasteiger partial charge < -0.3 is 4.74 Å². The fraction of sp³-hybridized carbons (Fsp3) is 0.0385. The van der Waals surface area contributed by atoms with Crippen LogP contribution in [-0.2, 0) is 4.79 Å². The zero-order valence-corrected chi connectivity index (χ0v) is 19.3. The number of rotatable bonds is 6. The monoisotopic (exact) mass is 497 g/mol. The maximum absolute atomic E-state index is 12.3. The van der Waals surface area contributed by atoms with Crippen molar-refractivity contribution >= 4 is 28.3 Å². The normalized spacial score (nSPS) is 11.5. The summed E-state index contributed by atoms with van der Waals surface area (Å²) in [5, 5.41) is 12.7. The Morgan fingerprint density at radius 2 is 1.50 bits per heavy atom. The minimum Gasteiger partial charge on any atom is -0.452 e. The maximum atomic E-state index is 12.3. The third-order valence-corrected chi connectivity index (χ3v) is 5.52. The smallest absolute Gasteiger partial charge is 0.336 e. The van der Waals surface area contributed by atoms with E-state index in [1.54, 1.807) is 0 Å². The van der Waals surface area contributed by atoms with Crippen LogP contribution in [0.15, 0.2) is 93.6 Å². The predicted molar refractivity (Wildman–Crippen MR) is 134 cm³/mol. The van der Waals surface area contributed by atoms with Crippen LogP contribution in [0, 0.1) is 0 Å². The number of nitrogens with one attached hydrogen (secondary N) is 1. The molecule has 0 unspecified atom stereocenters. The lowest BCUT2D eigenvalue weighted by Gasteiger charge is -2.09. The van der Waals surface area contributed by atoms with Crippen molar-refractivity contribution in [1.29, 1.82) is 0 Å². The molecule has 0 bridgehead atoms. The van der Waals surface area contributed by atoms with Crippen LogP contribution in [0.4, 0.5) is 0 Å². The van der Waals surface area contributed by atoms with Crippen molar-refractivity contribution in [2.45, 2.75) is 0 Å². The summed E-state index contributed by atoms with van der Waals surface area (Å²) in [5.74, 6) is -0.679. The van der Waals surface area contributed by atoms with Gasteiger partial charge in [-0.2, -0.15) is 10.1 Å². The summed E-state index contributed by atoms with van der Waals surface area (Å²) >= 11 is 5.90. The Hall–Kier alpha value is -4.76. The number of fused-ring (bicyclic) bond motifs is 1. The van der Waals surface area contributed by atoms with Crippen LogP contribution in [0.2, 0.25) is 5.02 Å². The summed E-state index contributed by atoms with van der Waals surface area (Å²) in [6.45, 7) is -0.493. The number of nitrogens with zero attached hydrogens (tertiary/aromatic N) is 4. The first-order chi connectivity index (χ1) is 17.5. The maximum Gasteiger partial charge on any atom is 0.336 e. The summed E-state index contributed by atoms with van der Waals surface area (Å²) in [6.07, 6.45) is 0. The molecule has 1 aromatic heterocycles. The fourth-order valence-electron chi connectivity index (χ4n) is 3.61. The Bertz CT molecular complexity index is 1730. The quantitative estimate of drug-likeness (QED) is 0.282. The highest BCUT2D eigenvalue weighted by Gasteiger charge is 2.15. The summed E-state index contributed by atoms with van der Waals surface area (Å²) < 4.78 is 5.43. The van der Waals surface area contributed by atoms with Gasteiger partial charge in [-0.25, -0.2) is 5.43 Å². The molecule has 0 atom stereocenters. The summed E-state index contributed by atoms with van der Waals surface area (Å²) in [4.78, 5) is 41.2. The lowest BCUT2D eigenvalue weighted by Crippen LogP contribution is -2.35. The molecule has 0 fully saturated rings. The zero-order valence-electron chi connectivity index (χ0n) is 18.5. The number of benzene rings is 3. The topological polar surface area (TPSA) is 124 Å². The number of hydrogen-bond acceptors (Lipinski definition) is 8.